The molecule has 4 fully saturated rings. The first kappa shape index (κ1) is 21.8. The lowest BCUT2D eigenvalue weighted by atomic mass is 9.55. The fourth-order valence-corrected chi connectivity index (χ4v) is 9.35. The van der Waals surface area contributed by atoms with Crippen LogP contribution in [0.3, 0.4) is 0 Å². The zero-order valence-electron chi connectivity index (χ0n) is 21.2. The Hall–Kier alpha value is -4.06. The highest BCUT2D eigenvalue weighted by atomic mass is 16.2. The molecule has 0 aromatic heterocycles. The maximum atomic E-state index is 14.0. The molecule has 5 aliphatic carbocycles. The van der Waals surface area contributed by atoms with E-state index in [1.807, 2.05) is 24.3 Å². The molecule has 4 bridgehead atoms. The van der Waals surface area contributed by atoms with Gasteiger partial charge in [0.2, 0.25) is 23.6 Å². The van der Waals surface area contributed by atoms with Crippen molar-refractivity contribution >= 4 is 35.0 Å². The number of fused-ring (bicyclic) bond motifs is 5. The van der Waals surface area contributed by atoms with Crippen LogP contribution in [0, 0.1) is 35.5 Å². The summed E-state index contributed by atoms with van der Waals surface area (Å²) in [6.45, 7) is 0. The van der Waals surface area contributed by atoms with Crippen LogP contribution in [0.15, 0.2) is 72.8 Å². The lowest BCUT2D eigenvalue weighted by Crippen LogP contribution is -2.41. The maximum absolute atomic E-state index is 14.0. The minimum absolute atomic E-state index is 0.0867. The molecule has 192 valence electrons. The Labute approximate surface area is 225 Å². The van der Waals surface area contributed by atoms with E-state index in [9.17, 15) is 19.2 Å². The summed E-state index contributed by atoms with van der Waals surface area (Å²) in [5.74, 6) is -1.41. The molecule has 0 N–H and O–H groups in total. The van der Waals surface area contributed by atoms with Crippen LogP contribution in [0.5, 0.6) is 0 Å². The highest BCUT2D eigenvalue weighted by molar-refractivity contribution is 6.24. The second-order valence-electron chi connectivity index (χ2n) is 12.2. The van der Waals surface area contributed by atoms with E-state index >= 15 is 0 Å². The topological polar surface area (TPSA) is 74.8 Å². The van der Waals surface area contributed by atoms with Crippen LogP contribution in [0.4, 0.5) is 11.4 Å². The highest BCUT2D eigenvalue weighted by Crippen LogP contribution is 2.61. The molecular formula is C33H26N2O4. The average Bonchev–Trinajstić information content (AvgIpc) is 3.71. The molecule has 39 heavy (non-hydrogen) atoms. The van der Waals surface area contributed by atoms with Gasteiger partial charge < -0.3 is 0 Å². The first-order valence-electron chi connectivity index (χ1n) is 14.1. The number of rotatable bonds is 2. The fraction of sp³-hybridized carbons (Fsp3) is 0.333. The largest absolute Gasteiger partial charge is 0.274 e. The molecule has 2 heterocycles. The molecule has 4 amide bonds. The molecule has 3 aromatic rings. The van der Waals surface area contributed by atoms with Crippen LogP contribution >= 0.6 is 0 Å². The summed E-state index contributed by atoms with van der Waals surface area (Å²) in [6, 6.07) is 23.3. The summed E-state index contributed by atoms with van der Waals surface area (Å²) in [6.07, 6.45) is 3.07. The zero-order valence-corrected chi connectivity index (χ0v) is 21.2. The predicted molar refractivity (Wildman–Crippen MR) is 143 cm³/mol. The number of anilines is 2. The van der Waals surface area contributed by atoms with E-state index in [0.29, 0.717) is 23.2 Å². The number of carbonyl (C=O) groups excluding carboxylic acids is 4. The Balaban J connectivity index is 1.07. The van der Waals surface area contributed by atoms with Gasteiger partial charge in [0.05, 0.1) is 35.0 Å². The highest BCUT2D eigenvalue weighted by Gasteiger charge is 2.63. The van der Waals surface area contributed by atoms with Crippen LogP contribution in [-0.4, -0.2) is 23.6 Å². The van der Waals surface area contributed by atoms with Gasteiger partial charge >= 0.3 is 0 Å². The van der Waals surface area contributed by atoms with Crippen LogP contribution in [0.1, 0.15) is 53.4 Å². The lowest BCUT2D eigenvalue weighted by molar-refractivity contribution is -0.124. The average molecular weight is 515 g/mol. The van der Waals surface area contributed by atoms with Crippen molar-refractivity contribution in [2.24, 2.45) is 35.5 Å². The van der Waals surface area contributed by atoms with Crippen molar-refractivity contribution in [3.05, 3.63) is 95.1 Å². The molecule has 2 aliphatic heterocycles. The van der Waals surface area contributed by atoms with E-state index < -0.39 is 11.8 Å². The van der Waals surface area contributed by atoms with Crippen molar-refractivity contribution in [2.45, 2.75) is 31.1 Å². The molecule has 0 unspecified atom stereocenters. The number of amides is 4. The summed E-state index contributed by atoms with van der Waals surface area (Å²) in [4.78, 5) is 57.3. The minimum atomic E-state index is -0.441. The molecule has 2 saturated heterocycles. The smallest absolute Gasteiger partial charge is 0.238 e. The Kier molecular flexibility index (Phi) is 4.10. The molecule has 0 spiro atoms. The van der Waals surface area contributed by atoms with Gasteiger partial charge in [0, 0.05) is 11.8 Å². The minimum Gasteiger partial charge on any atom is -0.274 e. The van der Waals surface area contributed by atoms with Crippen molar-refractivity contribution in [1.82, 2.24) is 0 Å². The second kappa shape index (κ2) is 7.32. The Morgan fingerprint density at radius 1 is 0.462 bits per heavy atom. The third-order valence-corrected chi connectivity index (χ3v) is 10.7. The Morgan fingerprint density at radius 3 is 1.15 bits per heavy atom. The number of benzene rings is 3. The molecule has 6 heteroatoms. The molecule has 2 saturated carbocycles. The normalized spacial score (nSPS) is 35.0. The summed E-state index contributed by atoms with van der Waals surface area (Å²) >= 11 is 0. The first-order valence-corrected chi connectivity index (χ1v) is 14.1. The van der Waals surface area contributed by atoms with Crippen molar-refractivity contribution in [2.75, 3.05) is 9.80 Å². The fourth-order valence-electron chi connectivity index (χ4n) is 9.35. The number of nitrogens with zero attached hydrogens (tertiary/aromatic N) is 2. The van der Waals surface area contributed by atoms with Crippen LogP contribution in [0.2, 0.25) is 0 Å². The van der Waals surface area contributed by atoms with Crippen molar-refractivity contribution in [3.8, 4) is 0 Å². The van der Waals surface area contributed by atoms with Gasteiger partial charge in [0.1, 0.15) is 0 Å². The summed E-state index contributed by atoms with van der Waals surface area (Å²) in [5, 5.41) is 0. The third-order valence-electron chi connectivity index (χ3n) is 10.7. The summed E-state index contributed by atoms with van der Waals surface area (Å²) < 4.78 is 0. The molecule has 6 atom stereocenters. The van der Waals surface area contributed by atoms with Gasteiger partial charge in [-0.3, -0.25) is 24.1 Å². The summed E-state index contributed by atoms with van der Waals surface area (Å²) in [7, 11) is 0. The van der Waals surface area contributed by atoms with E-state index in [2.05, 4.69) is 24.3 Å². The van der Waals surface area contributed by atoms with Gasteiger partial charge in [0.25, 0.3) is 0 Å². The van der Waals surface area contributed by atoms with Gasteiger partial charge in [-0.15, -0.1) is 0 Å². The lowest BCUT2D eigenvalue weighted by Gasteiger charge is -2.45. The van der Waals surface area contributed by atoms with Crippen molar-refractivity contribution in [3.63, 3.8) is 0 Å². The number of hydrogen-bond donors (Lipinski definition) is 0. The monoisotopic (exact) mass is 514 g/mol. The quantitative estimate of drug-likeness (QED) is 0.468. The van der Waals surface area contributed by atoms with Crippen LogP contribution in [-0.2, 0) is 19.2 Å². The predicted octanol–water partition coefficient (Wildman–Crippen LogP) is 4.62. The third kappa shape index (κ3) is 2.53. The maximum Gasteiger partial charge on any atom is 0.238 e. The standard InChI is InChI=1S/C33H26N2O4/c36-30-24-16-9-10-17(15-16)25(24)31(37)34(30)18-11-13-19(14-12-18)35-32(38)28-26-20-5-1-2-6-21(20)27(29(28)33(35)39)23-8-4-3-7-22(23)26/h1-8,11-14,16-17,24-29H,9-10,15H2/t16-,17-,24-,25+,26?,27?,28+,29+/m0/s1. The molecule has 0 radical (unpaired) electrons. The van der Waals surface area contributed by atoms with Gasteiger partial charge in [-0.25, -0.2) is 4.90 Å². The van der Waals surface area contributed by atoms with E-state index in [0.717, 1.165) is 41.5 Å². The second-order valence-corrected chi connectivity index (χ2v) is 12.2. The van der Waals surface area contributed by atoms with E-state index in [1.165, 1.54) is 9.80 Å². The zero-order chi connectivity index (χ0) is 26.2. The molecular weight excluding hydrogens is 488 g/mol. The van der Waals surface area contributed by atoms with Crippen LogP contribution < -0.4 is 9.80 Å². The molecule has 3 aromatic carbocycles. The SMILES string of the molecule is O=C1[C@@H]2[C@H]3CC[C@@H](C3)[C@@H]2C(=O)N1c1ccc(N2C(=O)[C@@H]3C4c5ccccc5C(c5ccccc54)[C@H]3C2=O)cc1. The van der Waals surface area contributed by atoms with Crippen molar-refractivity contribution in [1.29, 1.82) is 0 Å². The molecule has 10 rings (SSSR count). The van der Waals surface area contributed by atoms with E-state index in [-0.39, 0.29) is 47.3 Å². The van der Waals surface area contributed by atoms with Gasteiger partial charge in [-0.2, -0.15) is 0 Å². The number of imide groups is 2. The van der Waals surface area contributed by atoms with E-state index in [4.69, 9.17) is 0 Å². The van der Waals surface area contributed by atoms with Crippen molar-refractivity contribution < 1.29 is 19.2 Å². The molecule has 7 aliphatic rings. The van der Waals surface area contributed by atoms with E-state index in [1.54, 1.807) is 24.3 Å². The van der Waals surface area contributed by atoms with Gasteiger partial charge in [-0.1, -0.05) is 48.5 Å². The first-order chi connectivity index (χ1) is 19.0. The van der Waals surface area contributed by atoms with Gasteiger partial charge in [0.15, 0.2) is 0 Å². The number of carbonyl (C=O) groups is 4. The van der Waals surface area contributed by atoms with Crippen LogP contribution in [0.25, 0.3) is 0 Å². The molecule has 6 nitrogen and oxygen atoms in total. The summed E-state index contributed by atoms with van der Waals surface area (Å²) in [5.41, 5.74) is 5.60. The Morgan fingerprint density at radius 2 is 0.795 bits per heavy atom. The number of hydrogen-bond acceptors (Lipinski definition) is 4. The van der Waals surface area contributed by atoms with Gasteiger partial charge in [-0.05, 0) is 77.6 Å². The Bertz CT molecular complexity index is 1500.